The SMILES string of the molecule is Cc1nn2ccc(NCCc3cc(F)ccc3O)nc2c1C(=O)O. The number of aromatic hydroxyl groups is 1. The number of phenolic OH excluding ortho intramolecular Hbond substituents is 1. The van der Waals surface area contributed by atoms with Gasteiger partial charge < -0.3 is 15.5 Å². The molecule has 24 heavy (non-hydrogen) atoms. The highest BCUT2D eigenvalue weighted by Gasteiger charge is 2.17. The van der Waals surface area contributed by atoms with E-state index in [9.17, 15) is 19.4 Å². The van der Waals surface area contributed by atoms with Crippen LogP contribution in [0.5, 0.6) is 5.75 Å². The zero-order chi connectivity index (χ0) is 17.3. The summed E-state index contributed by atoms with van der Waals surface area (Å²) in [4.78, 5) is 15.6. The number of hydrogen-bond acceptors (Lipinski definition) is 5. The van der Waals surface area contributed by atoms with Crippen molar-refractivity contribution in [1.82, 2.24) is 14.6 Å². The van der Waals surface area contributed by atoms with Crippen LogP contribution in [0.15, 0.2) is 30.5 Å². The maximum atomic E-state index is 13.2. The van der Waals surface area contributed by atoms with Crippen molar-refractivity contribution in [3.8, 4) is 5.75 Å². The molecule has 2 heterocycles. The highest BCUT2D eigenvalue weighted by Crippen LogP contribution is 2.19. The number of aryl methyl sites for hydroxylation is 1. The van der Waals surface area contributed by atoms with E-state index in [4.69, 9.17) is 0 Å². The molecule has 0 saturated heterocycles. The lowest BCUT2D eigenvalue weighted by atomic mass is 10.1. The van der Waals surface area contributed by atoms with Gasteiger partial charge in [-0.2, -0.15) is 5.10 Å². The maximum Gasteiger partial charge on any atom is 0.341 e. The highest BCUT2D eigenvalue weighted by atomic mass is 19.1. The Hall–Kier alpha value is -3.16. The number of carbonyl (C=O) groups is 1. The molecule has 0 atom stereocenters. The fourth-order valence-electron chi connectivity index (χ4n) is 2.47. The Labute approximate surface area is 136 Å². The molecule has 3 N–H and O–H groups in total. The third-order valence-corrected chi connectivity index (χ3v) is 3.62. The molecule has 0 aliphatic heterocycles. The maximum absolute atomic E-state index is 13.2. The summed E-state index contributed by atoms with van der Waals surface area (Å²) in [6.45, 7) is 2.01. The molecule has 0 saturated carbocycles. The molecule has 2 aromatic heterocycles. The minimum absolute atomic E-state index is 0.0289. The average Bonchev–Trinajstić information content (AvgIpc) is 2.86. The molecule has 0 fully saturated rings. The minimum atomic E-state index is -1.09. The number of carboxylic acid groups (broad SMARTS) is 1. The van der Waals surface area contributed by atoms with Gasteiger partial charge in [-0.05, 0) is 43.2 Å². The number of nitrogens with zero attached hydrogens (tertiary/aromatic N) is 3. The molecule has 0 amide bonds. The van der Waals surface area contributed by atoms with Gasteiger partial charge in [-0.15, -0.1) is 0 Å². The van der Waals surface area contributed by atoms with Crippen molar-refractivity contribution >= 4 is 17.4 Å². The van der Waals surface area contributed by atoms with Gasteiger partial charge in [0.05, 0.1) is 5.69 Å². The summed E-state index contributed by atoms with van der Waals surface area (Å²) in [6, 6.07) is 5.44. The Morgan fingerprint density at radius 2 is 2.17 bits per heavy atom. The summed E-state index contributed by atoms with van der Waals surface area (Å²) < 4.78 is 14.6. The van der Waals surface area contributed by atoms with Gasteiger partial charge in [0.15, 0.2) is 5.65 Å². The van der Waals surface area contributed by atoms with Gasteiger partial charge in [-0.3, -0.25) is 0 Å². The normalized spacial score (nSPS) is 10.9. The first kappa shape index (κ1) is 15.7. The van der Waals surface area contributed by atoms with Crippen molar-refractivity contribution < 1.29 is 19.4 Å². The standard InChI is InChI=1S/C16H15FN4O3/c1-9-14(16(23)24)15-19-13(5-7-21(15)20-9)18-6-4-10-8-11(17)2-3-12(10)22/h2-3,5,7-8,22H,4,6H2,1H3,(H,18,19)(H,23,24). The van der Waals surface area contributed by atoms with E-state index in [0.29, 0.717) is 30.0 Å². The van der Waals surface area contributed by atoms with Crippen LogP contribution in [0.25, 0.3) is 5.65 Å². The molecule has 0 radical (unpaired) electrons. The number of aromatic nitrogens is 3. The predicted molar refractivity (Wildman–Crippen MR) is 84.9 cm³/mol. The van der Waals surface area contributed by atoms with E-state index in [2.05, 4.69) is 15.4 Å². The monoisotopic (exact) mass is 330 g/mol. The zero-order valence-electron chi connectivity index (χ0n) is 12.8. The largest absolute Gasteiger partial charge is 0.508 e. The van der Waals surface area contributed by atoms with Crippen LogP contribution in [0.3, 0.4) is 0 Å². The molecule has 3 aromatic rings. The molecule has 1 aromatic carbocycles. The summed E-state index contributed by atoms with van der Waals surface area (Å²) in [5.41, 5.74) is 1.17. The van der Waals surface area contributed by atoms with Crippen LogP contribution in [0.1, 0.15) is 21.6 Å². The summed E-state index contributed by atoms with van der Waals surface area (Å²) in [5.74, 6) is -0.998. The smallest absolute Gasteiger partial charge is 0.341 e. The Morgan fingerprint density at radius 1 is 1.38 bits per heavy atom. The van der Waals surface area contributed by atoms with Crippen molar-refractivity contribution in [2.45, 2.75) is 13.3 Å². The predicted octanol–water partition coefficient (Wildman–Crippen LogP) is 2.24. The van der Waals surface area contributed by atoms with E-state index in [0.717, 1.165) is 0 Å². The molecule has 0 spiro atoms. The number of carboxylic acids is 1. The van der Waals surface area contributed by atoms with Crippen molar-refractivity contribution in [1.29, 1.82) is 0 Å². The molecule has 0 aliphatic rings. The van der Waals surface area contributed by atoms with E-state index in [1.165, 1.54) is 22.7 Å². The van der Waals surface area contributed by atoms with Crippen molar-refractivity contribution in [2.75, 3.05) is 11.9 Å². The third-order valence-electron chi connectivity index (χ3n) is 3.62. The van der Waals surface area contributed by atoms with Gasteiger partial charge in [0, 0.05) is 12.7 Å². The number of phenols is 1. The van der Waals surface area contributed by atoms with Gasteiger partial charge in [-0.25, -0.2) is 18.7 Å². The lowest BCUT2D eigenvalue weighted by Gasteiger charge is -2.07. The van der Waals surface area contributed by atoms with Crippen LogP contribution in [0, 0.1) is 12.7 Å². The lowest BCUT2D eigenvalue weighted by molar-refractivity contribution is 0.0698. The van der Waals surface area contributed by atoms with Crippen molar-refractivity contribution in [3.63, 3.8) is 0 Å². The van der Waals surface area contributed by atoms with Crippen LogP contribution in [0.2, 0.25) is 0 Å². The number of rotatable bonds is 5. The minimum Gasteiger partial charge on any atom is -0.508 e. The van der Waals surface area contributed by atoms with Gasteiger partial charge in [0.2, 0.25) is 0 Å². The molecule has 0 aliphatic carbocycles. The Bertz CT molecular complexity index is 923. The molecular weight excluding hydrogens is 315 g/mol. The summed E-state index contributed by atoms with van der Waals surface area (Å²) >= 11 is 0. The second-order valence-electron chi connectivity index (χ2n) is 5.30. The number of aromatic carboxylic acids is 1. The summed E-state index contributed by atoms with van der Waals surface area (Å²) in [6.07, 6.45) is 2.00. The first-order chi connectivity index (χ1) is 11.5. The molecular formula is C16H15FN4O3. The molecule has 0 bridgehead atoms. The third kappa shape index (κ3) is 2.98. The molecule has 124 valence electrons. The fourth-order valence-corrected chi connectivity index (χ4v) is 2.47. The molecule has 7 nitrogen and oxygen atoms in total. The van der Waals surface area contributed by atoms with Crippen LogP contribution in [0.4, 0.5) is 10.2 Å². The van der Waals surface area contributed by atoms with E-state index >= 15 is 0 Å². The van der Waals surface area contributed by atoms with Gasteiger partial charge in [0.1, 0.15) is 22.9 Å². The topological polar surface area (TPSA) is 99.8 Å². The number of benzene rings is 1. The summed E-state index contributed by atoms with van der Waals surface area (Å²) in [5, 5.41) is 26.1. The van der Waals surface area contributed by atoms with Crippen LogP contribution < -0.4 is 5.32 Å². The van der Waals surface area contributed by atoms with Gasteiger partial charge in [-0.1, -0.05) is 0 Å². The Balaban J connectivity index is 1.77. The van der Waals surface area contributed by atoms with Crippen LogP contribution in [-0.2, 0) is 6.42 Å². The summed E-state index contributed by atoms with van der Waals surface area (Å²) in [7, 11) is 0. The Morgan fingerprint density at radius 3 is 2.92 bits per heavy atom. The van der Waals surface area contributed by atoms with Crippen LogP contribution >= 0.6 is 0 Å². The highest BCUT2D eigenvalue weighted by molar-refractivity contribution is 5.95. The van der Waals surface area contributed by atoms with Crippen molar-refractivity contribution in [2.24, 2.45) is 0 Å². The van der Waals surface area contributed by atoms with Gasteiger partial charge >= 0.3 is 5.97 Å². The van der Waals surface area contributed by atoms with Crippen LogP contribution in [-0.4, -0.2) is 37.3 Å². The van der Waals surface area contributed by atoms with E-state index in [1.54, 1.807) is 19.2 Å². The second-order valence-corrected chi connectivity index (χ2v) is 5.30. The number of nitrogens with one attached hydrogen (secondary N) is 1. The molecule has 3 rings (SSSR count). The van der Waals surface area contributed by atoms with E-state index in [-0.39, 0.29) is 17.0 Å². The van der Waals surface area contributed by atoms with Gasteiger partial charge in [0.25, 0.3) is 0 Å². The molecule has 8 heteroatoms. The lowest BCUT2D eigenvalue weighted by Crippen LogP contribution is -2.08. The molecule has 0 unspecified atom stereocenters. The number of halogens is 1. The van der Waals surface area contributed by atoms with Crippen molar-refractivity contribution in [3.05, 3.63) is 53.1 Å². The zero-order valence-corrected chi connectivity index (χ0v) is 12.8. The fraction of sp³-hybridized carbons (Fsp3) is 0.188. The number of hydrogen-bond donors (Lipinski definition) is 3. The first-order valence-electron chi connectivity index (χ1n) is 7.26. The Kier molecular flexibility index (Phi) is 4.03. The average molecular weight is 330 g/mol. The second kappa shape index (κ2) is 6.15. The van der Waals surface area contributed by atoms with E-state index in [1.807, 2.05) is 0 Å². The van der Waals surface area contributed by atoms with E-state index < -0.39 is 11.8 Å². The first-order valence-corrected chi connectivity index (χ1v) is 7.26. The number of fused-ring (bicyclic) bond motifs is 1. The number of anilines is 1. The quantitative estimate of drug-likeness (QED) is 0.663.